The molecule has 0 spiro atoms. The molecule has 0 aliphatic heterocycles. The first-order chi connectivity index (χ1) is 5.06. The molecule has 1 N–H and O–H groups in total. The molecule has 11 heavy (non-hydrogen) atoms. The Balaban J connectivity index is 3.61. The number of rotatable bonds is 3. The van der Waals surface area contributed by atoms with Crippen LogP contribution >= 0.6 is 0 Å². The summed E-state index contributed by atoms with van der Waals surface area (Å²) in [5.74, 6) is -0.810. The van der Waals surface area contributed by atoms with Gasteiger partial charge in [-0.25, -0.2) is 0 Å². The molecular formula is C7H13NO3. The van der Waals surface area contributed by atoms with E-state index in [2.05, 4.69) is 5.32 Å². The summed E-state index contributed by atoms with van der Waals surface area (Å²) in [5, 5.41) is 2.33. The Bertz CT molecular complexity index is 154. The van der Waals surface area contributed by atoms with Crippen molar-refractivity contribution in [2.24, 2.45) is 0 Å². The standard InChI is InChI=1S/C7H13NO3/c1-5(2)11-7(10)4-6(9)8-3/h5H,4H2,1-3H3,(H,8,9). The Morgan fingerprint density at radius 2 is 2.00 bits per heavy atom. The van der Waals surface area contributed by atoms with E-state index in [0.717, 1.165) is 0 Å². The van der Waals surface area contributed by atoms with Crippen LogP contribution in [0.1, 0.15) is 20.3 Å². The van der Waals surface area contributed by atoms with Crippen LogP contribution < -0.4 is 5.32 Å². The van der Waals surface area contributed by atoms with E-state index < -0.39 is 5.97 Å². The first-order valence-corrected chi connectivity index (χ1v) is 3.46. The highest BCUT2D eigenvalue weighted by Gasteiger charge is 2.09. The quantitative estimate of drug-likeness (QED) is 0.468. The van der Waals surface area contributed by atoms with Crippen LogP contribution in [0.15, 0.2) is 0 Å². The van der Waals surface area contributed by atoms with E-state index in [1.54, 1.807) is 13.8 Å². The summed E-state index contributed by atoms with van der Waals surface area (Å²) in [5.41, 5.74) is 0. The van der Waals surface area contributed by atoms with Gasteiger partial charge in [-0.1, -0.05) is 0 Å². The van der Waals surface area contributed by atoms with Gasteiger partial charge in [-0.05, 0) is 13.8 Å². The fourth-order valence-corrected chi connectivity index (χ4v) is 0.524. The number of amides is 1. The second kappa shape index (κ2) is 4.71. The van der Waals surface area contributed by atoms with Crippen LogP contribution in [0.3, 0.4) is 0 Å². The molecule has 0 atom stereocenters. The Hall–Kier alpha value is -1.06. The fourth-order valence-electron chi connectivity index (χ4n) is 0.524. The minimum absolute atomic E-state index is 0.160. The molecule has 1 amide bonds. The van der Waals surface area contributed by atoms with E-state index in [-0.39, 0.29) is 18.4 Å². The molecule has 0 rings (SSSR count). The predicted molar refractivity (Wildman–Crippen MR) is 39.9 cm³/mol. The molecule has 0 aromatic rings. The van der Waals surface area contributed by atoms with Gasteiger partial charge in [-0.15, -0.1) is 0 Å². The molecule has 0 aromatic carbocycles. The van der Waals surface area contributed by atoms with E-state index in [4.69, 9.17) is 4.74 Å². The minimum atomic E-state index is -0.487. The summed E-state index contributed by atoms with van der Waals surface area (Å²) >= 11 is 0. The lowest BCUT2D eigenvalue weighted by atomic mass is 10.4. The highest BCUT2D eigenvalue weighted by Crippen LogP contribution is 1.92. The van der Waals surface area contributed by atoms with E-state index in [1.165, 1.54) is 7.05 Å². The van der Waals surface area contributed by atoms with Gasteiger partial charge >= 0.3 is 5.97 Å². The molecule has 0 bridgehead atoms. The third-order valence-electron chi connectivity index (χ3n) is 0.951. The predicted octanol–water partition coefficient (Wildman–Crippen LogP) is 0.0741. The van der Waals surface area contributed by atoms with Gasteiger partial charge < -0.3 is 10.1 Å². The van der Waals surface area contributed by atoms with Crippen molar-refractivity contribution in [1.29, 1.82) is 0 Å². The third-order valence-corrected chi connectivity index (χ3v) is 0.951. The minimum Gasteiger partial charge on any atom is -0.463 e. The molecule has 0 aliphatic carbocycles. The Kier molecular flexibility index (Phi) is 4.26. The molecule has 0 unspecified atom stereocenters. The lowest BCUT2D eigenvalue weighted by Crippen LogP contribution is -2.23. The number of nitrogens with one attached hydrogen (secondary N) is 1. The molecule has 0 aliphatic rings. The molecular weight excluding hydrogens is 146 g/mol. The van der Waals surface area contributed by atoms with Crippen LogP contribution in [0.5, 0.6) is 0 Å². The summed E-state index contributed by atoms with van der Waals surface area (Å²) in [7, 11) is 1.48. The number of ether oxygens (including phenoxy) is 1. The Labute approximate surface area is 65.9 Å². The second-order valence-corrected chi connectivity index (χ2v) is 2.39. The first kappa shape index (κ1) is 9.94. The molecule has 64 valence electrons. The largest absolute Gasteiger partial charge is 0.463 e. The van der Waals surface area contributed by atoms with Gasteiger partial charge in [0.25, 0.3) is 0 Å². The van der Waals surface area contributed by atoms with E-state index in [0.29, 0.717) is 0 Å². The SMILES string of the molecule is CNC(=O)CC(=O)OC(C)C. The molecule has 0 saturated carbocycles. The van der Waals surface area contributed by atoms with Crippen molar-refractivity contribution in [3.8, 4) is 0 Å². The monoisotopic (exact) mass is 159 g/mol. The zero-order chi connectivity index (χ0) is 8.85. The first-order valence-electron chi connectivity index (χ1n) is 3.46. The van der Waals surface area contributed by atoms with Crippen molar-refractivity contribution in [3.63, 3.8) is 0 Å². The highest BCUT2D eigenvalue weighted by molar-refractivity contribution is 5.94. The molecule has 4 heteroatoms. The lowest BCUT2D eigenvalue weighted by Gasteiger charge is -2.06. The van der Waals surface area contributed by atoms with Gasteiger partial charge in [0.2, 0.25) is 5.91 Å². The van der Waals surface area contributed by atoms with E-state index in [1.807, 2.05) is 0 Å². The zero-order valence-corrected chi connectivity index (χ0v) is 7.01. The molecule has 0 radical (unpaired) electrons. The van der Waals surface area contributed by atoms with Crippen LogP contribution in [0, 0.1) is 0 Å². The molecule has 4 nitrogen and oxygen atoms in total. The number of esters is 1. The van der Waals surface area contributed by atoms with Gasteiger partial charge in [0.15, 0.2) is 0 Å². The summed E-state index contributed by atoms with van der Waals surface area (Å²) in [6, 6.07) is 0. The smallest absolute Gasteiger partial charge is 0.315 e. The third kappa shape index (κ3) is 5.39. The van der Waals surface area contributed by atoms with Gasteiger partial charge in [0.05, 0.1) is 6.10 Å². The zero-order valence-electron chi connectivity index (χ0n) is 7.01. The maximum absolute atomic E-state index is 10.7. The number of hydrogen-bond acceptors (Lipinski definition) is 3. The maximum atomic E-state index is 10.7. The number of carbonyl (C=O) groups is 2. The lowest BCUT2D eigenvalue weighted by molar-refractivity contribution is -0.149. The van der Waals surface area contributed by atoms with Crippen molar-refractivity contribution in [3.05, 3.63) is 0 Å². The number of carbonyl (C=O) groups excluding carboxylic acids is 2. The topological polar surface area (TPSA) is 55.4 Å². The van der Waals surface area contributed by atoms with Crippen LogP contribution in [-0.4, -0.2) is 25.0 Å². The average Bonchev–Trinajstić information content (AvgIpc) is 1.85. The summed E-state index contributed by atoms with van der Waals surface area (Å²) in [6.07, 6.45) is -0.360. The van der Waals surface area contributed by atoms with Crippen molar-refractivity contribution >= 4 is 11.9 Å². The summed E-state index contributed by atoms with van der Waals surface area (Å²) in [4.78, 5) is 21.3. The Morgan fingerprint density at radius 1 is 1.45 bits per heavy atom. The molecule has 0 saturated heterocycles. The highest BCUT2D eigenvalue weighted by atomic mass is 16.5. The van der Waals surface area contributed by atoms with Gasteiger partial charge in [0, 0.05) is 7.05 Å². The molecule has 0 aromatic heterocycles. The normalized spacial score (nSPS) is 9.45. The molecule has 0 heterocycles. The van der Waals surface area contributed by atoms with E-state index >= 15 is 0 Å². The average molecular weight is 159 g/mol. The van der Waals surface area contributed by atoms with Crippen molar-refractivity contribution in [2.75, 3.05) is 7.05 Å². The van der Waals surface area contributed by atoms with Crippen LogP contribution in [0.4, 0.5) is 0 Å². The summed E-state index contributed by atoms with van der Waals surface area (Å²) in [6.45, 7) is 3.48. The van der Waals surface area contributed by atoms with Crippen LogP contribution in [0.2, 0.25) is 0 Å². The van der Waals surface area contributed by atoms with Gasteiger partial charge in [-0.3, -0.25) is 9.59 Å². The van der Waals surface area contributed by atoms with Crippen molar-refractivity contribution in [2.45, 2.75) is 26.4 Å². The maximum Gasteiger partial charge on any atom is 0.315 e. The van der Waals surface area contributed by atoms with Gasteiger partial charge in [0.1, 0.15) is 6.42 Å². The van der Waals surface area contributed by atoms with Crippen LogP contribution in [0.25, 0.3) is 0 Å². The fraction of sp³-hybridized carbons (Fsp3) is 0.714. The summed E-state index contributed by atoms with van der Waals surface area (Å²) < 4.78 is 4.72. The Morgan fingerprint density at radius 3 is 2.36 bits per heavy atom. The second-order valence-electron chi connectivity index (χ2n) is 2.39. The van der Waals surface area contributed by atoms with E-state index in [9.17, 15) is 9.59 Å². The van der Waals surface area contributed by atoms with Crippen molar-refractivity contribution in [1.82, 2.24) is 5.32 Å². The molecule has 0 fully saturated rings. The van der Waals surface area contributed by atoms with Gasteiger partial charge in [-0.2, -0.15) is 0 Å². The van der Waals surface area contributed by atoms with Crippen LogP contribution in [-0.2, 0) is 14.3 Å². The van der Waals surface area contributed by atoms with Crippen molar-refractivity contribution < 1.29 is 14.3 Å². The number of hydrogen-bond donors (Lipinski definition) is 1.